The van der Waals surface area contributed by atoms with Gasteiger partial charge in [0, 0.05) is 31.6 Å². The van der Waals surface area contributed by atoms with Crippen LogP contribution in [0.2, 0.25) is 0 Å². The fourth-order valence-electron chi connectivity index (χ4n) is 3.65. The number of nitrogens with one attached hydrogen (secondary N) is 1. The first-order valence-electron chi connectivity index (χ1n) is 12.1. The van der Waals surface area contributed by atoms with Crippen molar-refractivity contribution in [3.05, 3.63) is 48.3 Å². The molecule has 3 rings (SSSR count). The average molecular weight is 476 g/mol. The molecule has 0 saturated carbocycles. The Morgan fingerprint density at radius 3 is 2.56 bits per heavy atom. The van der Waals surface area contributed by atoms with Gasteiger partial charge in [0.15, 0.2) is 18.7 Å². The van der Waals surface area contributed by atoms with Crippen LogP contribution >= 0.6 is 0 Å². The Hall–Kier alpha value is -2.30. The number of hydrogen-bond acceptors (Lipinski definition) is 8. The molecule has 9 heteroatoms. The van der Waals surface area contributed by atoms with E-state index in [9.17, 15) is 4.79 Å². The summed E-state index contributed by atoms with van der Waals surface area (Å²) in [5.74, 6) is -0.474. The third-order valence-corrected chi connectivity index (χ3v) is 5.56. The SMILES string of the molecule is CCCCO[C@@H](C1OC(C)O1)[C@@H](OCCN[C@H](C)c1ccc(-n2cccn2)cc1)C(=O)OCC. The summed E-state index contributed by atoms with van der Waals surface area (Å²) in [6, 6.07) is 10.2. The van der Waals surface area contributed by atoms with Gasteiger partial charge in [-0.2, -0.15) is 5.10 Å². The van der Waals surface area contributed by atoms with Crippen LogP contribution in [0.15, 0.2) is 42.7 Å². The highest BCUT2D eigenvalue weighted by Gasteiger charge is 2.44. The van der Waals surface area contributed by atoms with E-state index >= 15 is 0 Å². The van der Waals surface area contributed by atoms with Crippen LogP contribution in [0.1, 0.15) is 52.1 Å². The molecule has 1 aliphatic rings. The second-order valence-electron chi connectivity index (χ2n) is 8.16. The van der Waals surface area contributed by atoms with E-state index in [0.29, 0.717) is 19.8 Å². The largest absolute Gasteiger partial charge is 0.464 e. The molecule has 34 heavy (non-hydrogen) atoms. The summed E-state index contributed by atoms with van der Waals surface area (Å²) in [7, 11) is 0. The van der Waals surface area contributed by atoms with Gasteiger partial charge in [-0.15, -0.1) is 0 Å². The molecular weight excluding hydrogens is 438 g/mol. The van der Waals surface area contributed by atoms with E-state index in [0.717, 1.165) is 24.1 Å². The standard InChI is InChI=1S/C25H37N3O6/c1-5-7-16-31-23(25-33-19(4)34-25)22(24(29)30-6-2)32-17-14-26-18(3)20-9-11-21(12-10-20)28-15-8-13-27-28/h8-13,15,18-19,22-23,25-26H,5-7,14,16-17H2,1-4H3/t18-,19?,22-,23-,25?/m1/s1. The minimum absolute atomic E-state index is 0.104. The van der Waals surface area contributed by atoms with Gasteiger partial charge < -0.3 is 29.0 Å². The molecule has 1 N–H and O–H groups in total. The summed E-state index contributed by atoms with van der Waals surface area (Å²) in [5, 5.41) is 7.68. The molecule has 0 aliphatic carbocycles. The van der Waals surface area contributed by atoms with Crippen molar-refractivity contribution in [2.24, 2.45) is 0 Å². The van der Waals surface area contributed by atoms with Crippen molar-refractivity contribution in [2.45, 2.75) is 71.4 Å². The van der Waals surface area contributed by atoms with E-state index in [-0.39, 0.29) is 18.9 Å². The van der Waals surface area contributed by atoms with Crippen molar-refractivity contribution in [3.8, 4) is 5.69 Å². The van der Waals surface area contributed by atoms with Crippen LogP contribution < -0.4 is 5.32 Å². The first kappa shape index (κ1) is 26.3. The number of nitrogens with zero attached hydrogens (tertiary/aromatic N) is 2. The Bertz CT molecular complexity index is 839. The normalized spacial score (nSPS) is 20.4. The number of carbonyl (C=O) groups excluding carboxylic acids is 1. The molecule has 0 bridgehead atoms. The molecule has 1 aliphatic heterocycles. The second kappa shape index (κ2) is 13.6. The van der Waals surface area contributed by atoms with E-state index in [4.69, 9.17) is 23.7 Å². The van der Waals surface area contributed by atoms with Gasteiger partial charge in [0.05, 0.1) is 18.9 Å². The molecule has 1 saturated heterocycles. The summed E-state index contributed by atoms with van der Waals surface area (Å²) in [4.78, 5) is 12.7. The Morgan fingerprint density at radius 2 is 1.94 bits per heavy atom. The summed E-state index contributed by atoms with van der Waals surface area (Å²) in [6.45, 7) is 9.31. The molecule has 2 aromatic rings. The van der Waals surface area contributed by atoms with Gasteiger partial charge in [0.2, 0.25) is 0 Å². The van der Waals surface area contributed by atoms with Crippen LogP contribution in [-0.4, -0.2) is 66.9 Å². The molecule has 0 amide bonds. The third-order valence-electron chi connectivity index (χ3n) is 5.56. The van der Waals surface area contributed by atoms with Gasteiger partial charge >= 0.3 is 5.97 Å². The van der Waals surface area contributed by atoms with Crippen molar-refractivity contribution >= 4 is 5.97 Å². The Morgan fingerprint density at radius 1 is 1.18 bits per heavy atom. The van der Waals surface area contributed by atoms with Crippen LogP contribution in [0.4, 0.5) is 0 Å². The van der Waals surface area contributed by atoms with E-state index in [2.05, 4.69) is 36.4 Å². The maximum atomic E-state index is 12.7. The summed E-state index contributed by atoms with van der Waals surface area (Å²) >= 11 is 0. The lowest BCUT2D eigenvalue weighted by atomic mass is 10.1. The van der Waals surface area contributed by atoms with Crippen LogP contribution in [0.25, 0.3) is 5.69 Å². The zero-order valence-electron chi connectivity index (χ0n) is 20.5. The fourth-order valence-corrected chi connectivity index (χ4v) is 3.65. The van der Waals surface area contributed by atoms with Gasteiger partial charge in [0.1, 0.15) is 6.10 Å². The molecule has 1 aromatic carbocycles. The highest BCUT2D eigenvalue weighted by Crippen LogP contribution is 2.25. The van der Waals surface area contributed by atoms with Gasteiger partial charge in [-0.1, -0.05) is 25.5 Å². The maximum absolute atomic E-state index is 12.7. The first-order valence-corrected chi connectivity index (χ1v) is 12.1. The molecule has 2 heterocycles. The second-order valence-corrected chi connectivity index (χ2v) is 8.16. The fraction of sp³-hybridized carbons (Fsp3) is 0.600. The lowest BCUT2D eigenvalue weighted by Crippen LogP contribution is -2.56. The number of carbonyl (C=O) groups is 1. The van der Waals surface area contributed by atoms with E-state index in [1.807, 2.05) is 29.1 Å². The summed E-state index contributed by atoms with van der Waals surface area (Å²) in [5.41, 5.74) is 2.15. The predicted molar refractivity (Wildman–Crippen MR) is 126 cm³/mol. The number of rotatable bonds is 15. The monoisotopic (exact) mass is 475 g/mol. The maximum Gasteiger partial charge on any atom is 0.338 e. The quantitative estimate of drug-likeness (QED) is 0.310. The van der Waals surface area contributed by atoms with Crippen LogP contribution in [0.3, 0.4) is 0 Å². The first-order chi connectivity index (χ1) is 16.5. The molecule has 1 aromatic heterocycles. The average Bonchev–Trinajstić information content (AvgIpc) is 3.36. The highest BCUT2D eigenvalue weighted by atomic mass is 16.9. The van der Waals surface area contributed by atoms with Gasteiger partial charge in [-0.3, -0.25) is 0 Å². The van der Waals surface area contributed by atoms with Crippen molar-refractivity contribution in [2.75, 3.05) is 26.4 Å². The molecular formula is C25H37N3O6. The van der Waals surface area contributed by atoms with Crippen LogP contribution in [-0.2, 0) is 28.5 Å². The zero-order chi connectivity index (χ0) is 24.3. The summed E-state index contributed by atoms with van der Waals surface area (Å²) in [6.07, 6.45) is 2.92. The number of ether oxygens (including phenoxy) is 5. The Balaban J connectivity index is 1.53. The number of hydrogen-bond donors (Lipinski definition) is 1. The zero-order valence-corrected chi connectivity index (χ0v) is 20.5. The van der Waals surface area contributed by atoms with Crippen molar-refractivity contribution < 1.29 is 28.5 Å². The smallest absolute Gasteiger partial charge is 0.338 e. The molecule has 0 radical (unpaired) electrons. The van der Waals surface area contributed by atoms with Gasteiger partial charge in [-0.25, -0.2) is 9.48 Å². The molecule has 1 fully saturated rings. The third kappa shape index (κ3) is 7.35. The van der Waals surface area contributed by atoms with Crippen LogP contribution in [0, 0.1) is 0 Å². The minimum atomic E-state index is -0.931. The van der Waals surface area contributed by atoms with Gasteiger partial charge in [-0.05, 0) is 51.0 Å². The predicted octanol–water partition coefficient (Wildman–Crippen LogP) is 3.38. The topological polar surface area (TPSA) is 93.1 Å². The van der Waals surface area contributed by atoms with Crippen molar-refractivity contribution in [3.63, 3.8) is 0 Å². The lowest BCUT2D eigenvalue weighted by Gasteiger charge is -2.40. The molecule has 0 unspecified atom stereocenters. The van der Waals surface area contributed by atoms with Crippen LogP contribution in [0.5, 0.6) is 0 Å². The number of benzene rings is 1. The molecule has 0 spiro atoms. The van der Waals surface area contributed by atoms with Gasteiger partial charge in [0.25, 0.3) is 0 Å². The number of unbranched alkanes of at least 4 members (excludes halogenated alkanes) is 1. The van der Waals surface area contributed by atoms with E-state index in [1.165, 1.54) is 0 Å². The summed E-state index contributed by atoms with van der Waals surface area (Å²) < 4.78 is 30.2. The Kier molecular flexibility index (Phi) is 10.5. The van der Waals surface area contributed by atoms with Crippen molar-refractivity contribution in [1.29, 1.82) is 0 Å². The minimum Gasteiger partial charge on any atom is -0.464 e. The highest BCUT2D eigenvalue weighted by molar-refractivity contribution is 5.75. The molecule has 3 atom stereocenters. The molecule has 188 valence electrons. The van der Waals surface area contributed by atoms with Crippen molar-refractivity contribution in [1.82, 2.24) is 15.1 Å². The van der Waals surface area contributed by atoms with E-state index in [1.54, 1.807) is 20.0 Å². The number of aromatic nitrogens is 2. The Labute approximate surface area is 201 Å². The number of esters is 1. The lowest BCUT2D eigenvalue weighted by molar-refractivity contribution is -0.408. The van der Waals surface area contributed by atoms with E-state index < -0.39 is 24.5 Å². The molecule has 9 nitrogen and oxygen atoms in total.